The van der Waals surface area contributed by atoms with E-state index in [0.717, 1.165) is 0 Å². The molecule has 0 bridgehead atoms. The van der Waals surface area contributed by atoms with Crippen LogP contribution in [-0.4, -0.2) is 43.7 Å². The van der Waals surface area contributed by atoms with E-state index in [2.05, 4.69) is 0 Å². The fourth-order valence-corrected chi connectivity index (χ4v) is 0. The molecule has 0 unspecified atom stereocenters. The molecule has 0 heterocycles. The molecular weight excluding hydrogens is 259 g/mol. The van der Waals surface area contributed by atoms with Gasteiger partial charge in [-0.2, -0.15) is 0 Å². The number of hydrogen-bond donors (Lipinski definition) is 4. The van der Waals surface area contributed by atoms with Crippen LogP contribution >= 0.6 is 0 Å². The molecule has 0 amide bonds. The first kappa shape index (κ1) is 23.8. The van der Waals surface area contributed by atoms with Gasteiger partial charge in [-0.05, 0) is 0 Å². The van der Waals surface area contributed by atoms with E-state index < -0.39 is 10.4 Å². The topological polar surface area (TPSA) is 184 Å². The van der Waals surface area contributed by atoms with Crippen LogP contribution in [0.4, 0.5) is 0 Å². The molecule has 0 fully saturated rings. The largest absolute Gasteiger partial charge is 2.00 e. The summed E-state index contributed by atoms with van der Waals surface area (Å²) < 4.78 is 34.1. The van der Waals surface area contributed by atoms with Gasteiger partial charge in [0, 0.05) is 36.6 Å². The van der Waals surface area contributed by atoms with Crippen molar-refractivity contribution in [3.05, 3.63) is 0 Å². The van der Waals surface area contributed by atoms with Gasteiger partial charge in [0.1, 0.15) is 0 Å². The van der Waals surface area contributed by atoms with Crippen molar-refractivity contribution in [1.29, 1.82) is 0 Å². The van der Waals surface area contributed by atoms with Gasteiger partial charge >= 0.3 is 16.8 Å². The van der Waals surface area contributed by atoms with E-state index in [0.29, 0.717) is 26.2 Å². The fraction of sp³-hybridized carbons (Fsp3) is 1.00. The summed E-state index contributed by atoms with van der Waals surface area (Å²) in [7, 11) is -5.17. The molecule has 1 radical (unpaired) electrons. The van der Waals surface area contributed by atoms with Crippen molar-refractivity contribution in [2.24, 2.45) is 22.9 Å². The van der Waals surface area contributed by atoms with Crippen LogP contribution in [0.5, 0.6) is 0 Å². The third kappa shape index (κ3) is 313. The summed E-state index contributed by atoms with van der Waals surface area (Å²) >= 11 is 0. The zero-order valence-corrected chi connectivity index (χ0v) is 9.37. The summed E-state index contributed by atoms with van der Waals surface area (Å²) in [5, 5.41) is 0. The minimum atomic E-state index is -5.17. The first-order valence-electron chi connectivity index (χ1n) is 3.30. The first-order chi connectivity index (χ1) is 5.83. The smallest absolute Gasteiger partial charge is 0.759 e. The Bertz CT molecular complexity index is 149. The van der Waals surface area contributed by atoms with Crippen LogP contribution in [0, 0.1) is 0 Å². The van der Waals surface area contributed by atoms with Gasteiger partial charge in [-0.3, -0.25) is 8.42 Å². The second kappa shape index (κ2) is 18.9. The Hall–Kier alpha value is 0.216. The quantitative estimate of drug-likeness (QED) is 0.295. The van der Waals surface area contributed by atoms with Crippen molar-refractivity contribution in [1.82, 2.24) is 0 Å². The molecule has 0 aliphatic rings. The number of nitrogens with two attached hydrogens (primary N) is 4. The molecule has 0 aliphatic carbocycles. The predicted molar refractivity (Wildman–Crippen MR) is 46.7 cm³/mol. The fourth-order valence-electron chi connectivity index (χ4n) is 0. The van der Waals surface area contributed by atoms with Crippen molar-refractivity contribution in [2.75, 3.05) is 26.2 Å². The van der Waals surface area contributed by atoms with E-state index in [1.807, 2.05) is 0 Å². The number of rotatable bonds is 2. The Kier molecular flexibility index (Phi) is 32.1. The van der Waals surface area contributed by atoms with E-state index in [-0.39, 0.29) is 16.8 Å². The van der Waals surface area contributed by atoms with Crippen molar-refractivity contribution in [2.45, 2.75) is 0 Å². The summed E-state index contributed by atoms with van der Waals surface area (Å²) in [6.07, 6.45) is 0. The van der Waals surface area contributed by atoms with Crippen LogP contribution in [0.15, 0.2) is 0 Å². The van der Waals surface area contributed by atoms with Crippen molar-refractivity contribution < 1.29 is 34.3 Å². The molecule has 0 aliphatic heterocycles. The van der Waals surface area contributed by atoms with Gasteiger partial charge in [0.2, 0.25) is 0 Å². The Morgan fingerprint density at radius 3 is 0.857 bits per heavy atom. The van der Waals surface area contributed by atoms with Gasteiger partial charge < -0.3 is 32.0 Å². The first-order valence-corrected chi connectivity index (χ1v) is 4.63. The summed E-state index contributed by atoms with van der Waals surface area (Å²) in [6.45, 7) is 2.39. The standard InChI is InChI=1S/2C2H8N2.Co.H2O4S/c2*3-1-2-4;;1-5(2,3)4/h2*1-4H2;;(H2,1,2,3,4)/q;;+2;/p-2. The van der Waals surface area contributed by atoms with Gasteiger partial charge in [-0.1, -0.05) is 0 Å². The minimum absolute atomic E-state index is 0. The van der Waals surface area contributed by atoms with Gasteiger partial charge in [0.05, 0.1) is 0 Å². The summed E-state index contributed by atoms with van der Waals surface area (Å²) in [6, 6.07) is 0. The second-order valence-corrected chi connectivity index (χ2v) is 2.38. The molecule has 0 atom stereocenters. The van der Waals surface area contributed by atoms with Crippen LogP contribution in [0.1, 0.15) is 0 Å². The van der Waals surface area contributed by atoms with Crippen LogP contribution in [0.25, 0.3) is 0 Å². The van der Waals surface area contributed by atoms with Crippen molar-refractivity contribution in [3.8, 4) is 0 Å². The molecule has 0 saturated carbocycles. The maximum Gasteiger partial charge on any atom is 2.00 e. The molecular formula is C4H16CoN4O4S. The summed E-state index contributed by atoms with van der Waals surface area (Å²) in [5.74, 6) is 0. The average molecular weight is 275 g/mol. The van der Waals surface area contributed by atoms with E-state index >= 15 is 0 Å². The molecule has 0 spiro atoms. The second-order valence-electron chi connectivity index (χ2n) is 1.56. The zero-order chi connectivity index (χ0) is 11.3. The summed E-state index contributed by atoms with van der Waals surface area (Å²) in [5.41, 5.74) is 19.6. The van der Waals surface area contributed by atoms with Crippen LogP contribution in [0.3, 0.4) is 0 Å². The van der Waals surface area contributed by atoms with Crippen LogP contribution in [-0.2, 0) is 27.2 Å². The molecule has 0 aromatic rings. The monoisotopic (exact) mass is 275 g/mol. The molecule has 0 aromatic carbocycles. The van der Waals surface area contributed by atoms with Crippen molar-refractivity contribution >= 4 is 10.4 Å². The van der Waals surface area contributed by atoms with Gasteiger partial charge in [-0.25, -0.2) is 0 Å². The van der Waals surface area contributed by atoms with Crippen molar-refractivity contribution in [3.63, 3.8) is 0 Å². The Labute approximate surface area is 94.2 Å². The Balaban J connectivity index is -0.0000000522. The molecule has 0 rings (SSSR count). The molecule has 91 valence electrons. The molecule has 8 nitrogen and oxygen atoms in total. The zero-order valence-electron chi connectivity index (χ0n) is 7.51. The van der Waals surface area contributed by atoms with Gasteiger partial charge in [0.25, 0.3) is 0 Å². The average Bonchev–Trinajstić information content (AvgIpc) is 2.01. The Morgan fingerprint density at radius 1 is 0.786 bits per heavy atom. The maximum absolute atomic E-state index is 8.52. The normalized spacial score (nSPS) is 8.43. The predicted octanol–water partition coefficient (Wildman–Crippen LogP) is -3.53. The van der Waals surface area contributed by atoms with E-state index in [1.165, 1.54) is 0 Å². The van der Waals surface area contributed by atoms with Crippen LogP contribution in [0.2, 0.25) is 0 Å². The van der Waals surface area contributed by atoms with E-state index in [4.69, 9.17) is 40.5 Å². The van der Waals surface area contributed by atoms with E-state index in [1.54, 1.807) is 0 Å². The van der Waals surface area contributed by atoms with Crippen LogP contribution < -0.4 is 22.9 Å². The van der Waals surface area contributed by atoms with Gasteiger partial charge in [-0.15, -0.1) is 0 Å². The molecule has 0 saturated heterocycles. The molecule has 0 aromatic heterocycles. The van der Waals surface area contributed by atoms with Gasteiger partial charge in [0.15, 0.2) is 0 Å². The molecule has 14 heavy (non-hydrogen) atoms. The minimum Gasteiger partial charge on any atom is -0.759 e. The maximum atomic E-state index is 8.52. The Morgan fingerprint density at radius 2 is 0.857 bits per heavy atom. The molecule has 10 heteroatoms. The molecule has 8 N–H and O–H groups in total. The third-order valence-corrected chi connectivity index (χ3v) is 0.333. The SMILES string of the molecule is NCCN.NCCN.O=S(=O)([O-])[O-].[Co+2]. The van der Waals surface area contributed by atoms with E-state index in [9.17, 15) is 0 Å². The third-order valence-electron chi connectivity index (χ3n) is 0.333. The number of hydrogen-bond acceptors (Lipinski definition) is 8. The summed E-state index contributed by atoms with van der Waals surface area (Å²) in [4.78, 5) is 0.